The topological polar surface area (TPSA) is 83.5 Å². The molecule has 5 nitrogen and oxygen atoms in total. The fourth-order valence-electron chi connectivity index (χ4n) is 1.72. The lowest BCUT2D eigenvalue weighted by Gasteiger charge is -2.09. The van der Waals surface area contributed by atoms with E-state index in [1.54, 1.807) is 19.1 Å². The highest BCUT2D eigenvalue weighted by Crippen LogP contribution is 2.30. The third kappa shape index (κ3) is 3.39. The summed E-state index contributed by atoms with van der Waals surface area (Å²) in [7, 11) is -3.79. The maximum absolute atomic E-state index is 12.4. The second-order valence-corrected chi connectivity index (χ2v) is 8.00. The molecule has 0 aliphatic heterocycles. The minimum absolute atomic E-state index is 0.00620. The van der Waals surface area contributed by atoms with Crippen LogP contribution in [0.5, 0.6) is 0 Å². The molecule has 8 heteroatoms. The van der Waals surface area contributed by atoms with Crippen molar-refractivity contribution in [2.75, 3.05) is 11.0 Å². The molecule has 2 N–H and O–H groups in total. The minimum Gasteiger partial charge on any atom is -0.477 e. The van der Waals surface area contributed by atoms with Crippen molar-refractivity contribution >= 4 is 44.8 Å². The molecule has 0 saturated heterocycles. The van der Waals surface area contributed by atoms with E-state index < -0.39 is 16.0 Å². The van der Waals surface area contributed by atoms with Gasteiger partial charge in [0, 0.05) is 4.90 Å². The third-order valence-electron chi connectivity index (χ3n) is 2.71. The van der Waals surface area contributed by atoms with Gasteiger partial charge in [0.1, 0.15) is 9.09 Å². The fourth-order valence-corrected chi connectivity index (χ4v) is 4.80. The highest BCUT2D eigenvalue weighted by molar-refractivity contribution is 7.99. The second-order valence-electron chi connectivity index (χ2n) is 4.19. The SMILES string of the molecule is CSc1ccccc1NS(=O)(=O)c1cc(C)c(C(=O)O)s1. The number of thiophene rings is 1. The van der Waals surface area contributed by atoms with Gasteiger partial charge in [0.2, 0.25) is 0 Å². The molecule has 0 spiro atoms. The molecule has 0 amide bonds. The van der Waals surface area contributed by atoms with Gasteiger partial charge in [-0.05, 0) is 36.9 Å². The molecule has 0 aliphatic rings. The molecule has 0 aliphatic carbocycles. The summed E-state index contributed by atoms with van der Waals surface area (Å²) in [6.07, 6.45) is 1.85. The van der Waals surface area contributed by atoms with Crippen molar-refractivity contribution in [3.05, 3.63) is 40.8 Å². The number of sulfonamides is 1. The Morgan fingerprint density at radius 1 is 1.33 bits per heavy atom. The first-order valence-corrected chi connectivity index (χ1v) is 9.37. The normalized spacial score (nSPS) is 11.3. The number of anilines is 1. The summed E-state index contributed by atoms with van der Waals surface area (Å²) in [5.74, 6) is -1.12. The van der Waals surface area contributed by atoms with Crippen LogP contribution < -0.4 is 4.72 Å². The van der Waals surface area contributed by atoms with Crippen LogP contribution in [-0.4, -0.2) is 25.7 Å². The van der Waals surface area contributed by atoms with Crippen molar-refractivity contribution in [1.82, 2.24) is 0 Å². The quantitative estimate of drug-likeness (QED) is 0.814. The molecule has 0 fully saturated rings. The van der Waals surface area contributed by atoms with E-state index in [0.717, 1.165) is 16.2 Å². The number of nitrogens with one attached hydrogen (secondary N) is 1. The van der Waals surface area contributed by atoms with Gasteiger partial charge < -0.3 is 5.11 Å². The largest absolute Gasteiger partial charge is 0.477 e. The zero-order chi connectivity index (χ0) is 15.6. The minimum atomic E-state index is -3.79. The maximum Gasteiger partial charge on any atom is 0.346 e. The van der Waals surface area contributed by atoms with Crippen molar-refractivity contribution in [1.29, 1.82) is 0 Å². The molecular weight excluding hydrogens is 330 g/mol. The number of carboxylic acid groups (broad SMARTS) is 1. The molecule has 1 heterocycles. The van der Waals surface area contributed by atoms with Crippen LogP contribution in [0.15, 0.2) is 39.4 Å². The van der Waals surface area contributed by atoms with Gasteiger partial charge >= 0.3 is 5.97 Å². The Bertz CT molecular complexity index is 780. The van der Waals surface area contributed by atoms with Gasteiger partial charge in [0.05, 0.1) is 5.69 Å². The first-order valence-electron chi connectivity index (χ1n) is 5.84. The Hall–Kier alpha value is -1.51. The van der Waals surface area contributed by atoms with Crippen LogP contribution in [0.4, 0.5) is 5.69 Å². The summed E-state index contributed by atoms with van der Waals surface area (Å²) in [5, 5.41) is 9.01. The van der Waals surface area contributed by atoms with Crippen molar-refractivity contribution in [3.8, 4) is 0 Å². The summed E-state index contributed by atoms with van der Waals surface area (Å²) < 4.78 is 27.2. The first-order chi connectivity index (χ1) is 9.85. The van der Waals surface area contributed by atoms with Crippen molar-refractivity contribution in [2.45, 2.75) is 16.0 Å². The van der Waals surface area contributed by atoms with E-state index in [1.165, 1.54) is 17.8 Å². The molecule has 1 aromatic heterocycles. The predicted octanol–water partition coefficient (Wildman–Crippen LogP) is 3.28. The van der Waals surface area contributed by atoms with E-state index in [-0.39, 0.29) is 9.09 Å². The zero-order valence-electron chi connectivity index (χ0n) is 11.3. The molecule has 1 aromatic carbocycles. The van der Waals surface area contributed by atoms with E-state index in [1.807, 2.05) is 18.4 Å². The Morgan fingerprint density at radius 3 is 2.57 bits per heavy atom. The smallest absolute Gasteiger partial charge is 0.346 e. The molecule has 0 unspecified atom stereocenters. The van der Waals surface area contributed by atoms with Gasteiger partial charge in [0.25, 0.3) is 10.0 Å². The lowest BCUT2D eigenvalue weighted by molar-refractivity contribution is 0.0701. The van der Waals surface area contributed by atoms with Gasteiger partial charge in [-0.1, -0.05) is 12.1 Å². The summed E-state index contributed by atoms with van der Waals surface area (Å²) in [6.45, 7) is 1.58. The maximum atomic E-state index is 12.4. The lowest BCUT2D eigenvalue weighted by Crippen LogP contribution is -2.12. The fraction of sp³-hybridized carbons (Fsp3) is 0.154. The van der Waals surface area contributed by atoms with E-state index in [9.17, 15) is 13.2 Å². The van der Waals surface area contributed by atoms with E-state index >= 15 is 0 Å². The highest BCUT2D eigenvalue weighted by Gasteiger charge is 2.22. The summed E-state index contributed by atoms with van der Waals surface area (Å²) in [5.41, 5.74) is 0.916. The summed E-state index contributed by atoms with van der Waals surface area (Å²) in [4.78, 5) is 11.8. The monoisotopic (exact) mass is 343 g/mol. The molecule has 21 heavy (non-hydrogen) atoms. The number of carboxylic acids is 1. The Kier molecular flexibility index (Phi) is 4.60. The van der Waals surface area contributed by atoms with E-state index in [0.29, 0.717) is 11.3 Å². The molecule has 2 aromatic rings. The van der Waals surface area contributed by atoms with Crippen LogP contribution in [0.25, 0.3) is 0 Å². The van der Waals surface area contributed by atoms with Crippen LogP contribution in [-0.2, 0) is 10.0 Å². The van der Waals surface area contributed by atoms with Crippen molar-refractivity contribution in [2.24, 2.45) is 0 Å². The number of hydrogen-bond acceptors (Lipinski definition) is 5. The number of thioether (sulfide) groups is 1. The molecule has 0 bridgehead atoms. The summed E-state index contributed by atoms with van der Waals surface area (Å²) >= 11 is 2.18. The highest BCUT2D eigenvalue weighted by atomic mass is 32.2. The lowest BCUT2D eigenvalue weighted by atomic mass is 10.3. The Balaban J connectivity index is 2.39. The standard InChI is InChI=1S/C13H13NO4S3/c1-8-7-11(20-12(8)13(15)16)21(17,18)14-9-5-3-4-6-10(9)19-2/h3-7,14H,1-2H3,(H,15,16). The number of aromatic carboxylic acids is 1. The van der Waals surface area contributed by atoms with Gasteiger partial charge in [-0.2, -0.15) is 0 Å². The van der Waals surface area contributed by atoms with Gasteiger partial charge in [-0.3, -0.25) is 4.72 Å². The molecule has 112 valence electrons. The number of carbonyl (C=O) groups is 1. The number of benzene rings is 1. The molecule has 2 rings (SSSR count). The Morgan fingerprint density at radius 2 is 2.00 bits per heavy atom. The van der Waals surface area contributed by atoms with Crippen molar-refractivity contribution in [3.63, 3.8) is 0 Å². The molecular formula is C13H13NO4S3. The van der Waals surface area contributed by atoms with Gasteiger partial charge in [-0.25, -0.2) is 13.2 Å². The number of para-hydroxylation sites is 1. The van der Waals surface area contributed by atoms with Crippen LogP contribution in [0, 0.1) is 6.92 Å². The summed E-state index contributed by atoms with van der Waals surface area (Å²) in [6, 6.07) is 8.41. The van der Waals surface area contributed by atoms with Gasteiger partial charge in [-0.15, -0.1) is 23.1 Å². The van der Waals surface area contributed by atoms with Gasteiger partial charge in [0.15, 0.2) is 0 Å². The molecule has 0 atom stereocenters. The predicted molar refractivity (Wildman–Crippen MR) is 85.0 cm³/mol. The van der Waals surface area contributed by atoms with Crippen LogP contribution >= 0.6 is 23.1 Å². The van der Waals surface area contributed by atoms with Crippen molar-refractivity contribution < 1.29 is 18.3 Å². The average Bonchev–Trinajstić information content (AvgIpc) is 2.82. The van der Waals surface area contributed by atoms with E-state index in [4.69, 9.17) is 5.11 Å². The number of aryl methyl sites for hydroxylation is 1. The van der Waals surface area contributed by atoms with Crippen LogP contribution in [0.3, 0.4) is 0 Å². The average molecular weight is 343 g/mol. The molecule has 0 radical (unpaired) electrons. The zero-order valence-corrected chi connectivity index (χ0v) is 13.7. The molecule has 0 saturated carbocycles. The number of rotatable bonds is 5. The van der Waals surface area contributed by atoms with Crippen LogP contribution in [0.1, 0.15) is 15.2 Å². The van der Waals surface area contributed by atoms with Crippen LogP contribution in [0.2, 0.25) is 0 Å². The first kappa shape index (κ1) is 15.9. The Labute approximate surface area is 131 Å². The second kappa shape index (κ2) is 6.08. The van der Waals surface area contributed by atoms with E-state index in [2.05, 4.69) is 4.72 Å². The third-order valence-corrected chi connectivity index (χ3v) is 6.57. The number of hydrogen-bond donors (Lipinski definition) is 2.